The van der Waals surface area contributed by atoms with Gasteiger partial charge < -0.3 is 5.11 Å². The van der Waals surface area contributed by atoms with Gasteiger partial charge in [0.15, 0.2) is 0 Å². The molecule has 1 radical (unpaired) electrons. The quantitative estimate of drug-likeness (QED) is 0.781. The lowest BCUT2D eigenvalue weighted by molar-refractivity contribution is 0.282. The van der Waals surface area contributed by atoms with Gasteiger partial charge in [0.05, 0.1) is 15.1 Å². The van der Waals surface area contributed by atoms with Crippen molar-refractivity contribution in [2.24, 2.45) is 0 Å². The molecule has 0 amide bonds. The summed E-state index contributed by atoms with van der Waals surface area (Å²) in [5, 5.41) is 9.95. The summed E-state index contributed by atoms with van der Waals surface area (Å²) in [6.07, 6.45) is 0. The standard InChI is InChI=1S/C9H8Cl3O/c1-5(4-13)6-2-3-7(10)9(12)8(6)11/h2-3,5,13H,1,4H2. The van der Waals surface area contributed by atoms with Crippen molar-refractivity contribution in [2.45, 2.75) is 5.92 Å². The van der Waals surface area contributed by atoms with E-state index in [1.54, 1.807) is 12.1 Å². The Bertz CT molecular complexity index is 312. The van der Waals surface area contributed by atoms with E-state index in [4.69, 9.17) is 39.9 Å². The second kappa shape index (κ2) is 4.52. The average Bonchev–Trinajstić information content (AvgIpc) is 2.13. The van der Waals surface area contributed by atoms with Crippen LogP contribution < -0.4 is 0 Å². The van der Waals surface area contributed by atoms with Gasteiger partial charge >= 0.3 is 0 Å². The molecule has 0 saturated carbocycles. The smallest absolute Gasteiger partial charge is 0.0781 e. The molecule has 1 aromatic carbocycles. The largest absolute Gasteiger partial charge is 0.396 e. The monoisotopic (exact) mass is 237 g/mol. The van der Waals surface area contributed by atoms with Crippen molar-refractivity contribution in [3.63, 3.8) is 0 Å². The fraction of sp³-hybridized carbons (Fsp3) is 0.222. The van der Waals surface area contributed by atoms with Crippen molar-refractivity contribution >= 4 is 34.8 Å². The van der Waals surface area contributed by atoms with Gasteiger partial charge in [-0.05, 0) is 18.6 Å². The van der Waals surface area contributed by atoms with Gasteiger partial charge in [-0.2, -0.15) is 0 Å². The molecule has 0 bridgehead atoms. The molecule has 0 spiro atoms. The van der Waals surface area contributed by atoms with Gasteiger partial charge in [-0.3, -0.25) is 0 Å². The van der Waals surface area contributed by atoms with E-state index in [1.165, 1.54) is 0 Å². The Morgan fingerprint density at radius 3 is 2.38 bits per heavy atom. The van der Waals surface area contributed by atoms with Gasteiger partial charge in [-0.25, -0.2) is 0 Å². The Labute approximate surface area is 92.2 Å². The zero-order valence-electron chi connectivity index (χ0n) is 6.73. The fourth-order valence-electron chi connectivity index (χ4n) is 0.954. The van der Waals surface area contributed by atoms with Crippen LogP contribution >= 0.6 is 34.8 Å². The predicted molar refractivity (Wildman–Crippen MR) is 56.7 cm³/mol. The number of rotatable bonds is 2. The summed E-state index contributed by atoms with van der Waals surface area (Å²) < 4.78 is 0. The maximum absolute atomic E-state index is 8.88. The van der Waals surface area contributed by atoms with Crippen LogP contribution in [0.15, 0.2) is 12.1 Å². The molecule has 0 heterocycles. The van der Waals surface area contributed by atoms with Crippen LogP contribution in [0.3, 0.4) is 0 Å². The van der Waals surface area contributed by atoms with E-state index in [1.807, 2.05) is 0 Å². The number of halogens is 3. The third kappa shape index (κ3) is 2.29. The van der Waals surface area contributed by atoms with Gasteiger partial charge in [-0.15, -0.1) is 0 Å². The molecule has 0 aliphatic rings. The van der Waals surface area contributed by atoms with Crippen LogP contribution in [0.1, 0.15) is 11.5 Å². The van der Waals surface area contributed by atoms with E-state index >= 15 is 0 Å². The first kappa shape index (κ1) is 11.1. The third-order valence-corrected chi connectivity index (χ3v) is 3.03. The number of hydrogen-bond donors (Lipinski definition) is 1. The highest BCUT2D eigenvalue weighted by atomic mass is 35.5. The zero-order valence-corrected chi connectivity index (χ0v) is 9.00. The summed E-state index contributed by atoms with van der Waals surface area (Å²) in [6.45, 7) is 3.65. The minimum Gasteiger partial charge on any atom is -0.396 e. The van der Waals surface area contributed by atoms with Crippen LogP contribution in [-0.2, 0) is 0 Å². The maximum atomic E-state index is 8.88. The molecular formula is C9H8Cl3O. The maximum Gasteiger partial charge on any atom is 0.0781 e. The molecule has 1 nitrogen and oxygen atoms in total. The molecule has 1 unspecified atom stereocenters. The van der Waals surface area contributed by atoms with E-state index < -0.39 is 0 Å². The number of aliphatic hydroxyl groups is 1. The van der Waals surface area contributed by atoms with Crippen molar-refractivity contribution in [1.82, 2.24) is 0 Å². The summed E-state index contributed by atoms with van der Waals surface area (Å²) >= 11 is 17.4. The van der Waals surface area contributed by atoms with Crippen molar-refractivity contribution in [3.8, 4) is 0 Å². The van der Waals surface area contributed by atoms with Gasteiger partial charge in [0.1, 0.15) is 0 Å². The lowest BCUT2D eigenvalue weighted by Gasteiger charge is -2.11. The summed E-state index contributed by atoms with van der Waals surface area (Å²) in [7, 11) is 0. The highest BCUT2D eigenvalue weighted by Crippen LogP contribution is 2.35. The van der Waals surface area contributed by atoms with Gasteiger partial charge in [0, 0.05) is 12.5 Å². The Morgan fingerprint density at radius 1 is 1.23 bits per heavy atom. The highest BCUT2D eigenvalue weighted by molar-refractivity contribution is 6.48. The Hall–Kier alpha value is 0.0500. The number of benzene rings is 1. The van der Waals surface area contributed by atoms with Gasteiger partial charge in [-0.1, -0.05) is 40.9 Å². The zero-order chi connectivity index (χ0) is 10.0. The lowest BCUT2D eigenvalue weighted by Crippen LogP contribution is -2.00. The highest BCUT2D eigenvalue weighted by Gasteiger charge is 2.13. The van der Waals surface area contributed by atoms with Crippen LogP contribution in [0, 0.1) is 6.92 Å². The molecule has 4 heteroatoms. The van der Waals surface area contributed by atoms with E-state index in [-0.39, 0.29) is 12.5 Å². The SMILES string of the molecule is [CH2]C(CO)c1ccc(Cl)c(Cl)c1Cl. The van der Waals surface area contributed by atoms with Crippen LogP contribution in [-0.4, -0.2) is 11.7 Å². The summed E-state index contributed by atoms with van der Waals surface area (Å²) in [5.74, 6) is -0.276. The first-order valence-corrected chi connectivity index (χ1v) is 4.78. The minimum absolute atomic E-state index is 0.0717. The Balaban J connectivity index is 3.18. The first-order valence-electron chi connectivity index (χ1n) is 3.65. The topological polar surface area (TPSA) is 20.2 Å². The van der Waals surface area contributed by atoms with Crippen LogP contribution in [0.4, 0.5) is 0 Å². The summed E-state index contributed by atoms with van der Waals surface area (Å²) in [5.41, 5.74) is 0.707. The van der Waals surface area contributed by atoms with Gasteiger partial charge in [0.2, 0.25) is 0 Å². The van der Waals surface area contributed by atoms with Crippen LogP contribution in [0.2, 0.25) is 15.1 Å². The van der Waals surface area contributed by atoms with Crippen LogP contribution in [0.25, 0.3) is 0 Å². The second-order valence-electron chi connectivity index (χ2n) is 2.64. The van der Waals surface area contributed by atoms with Gasteiger partial charge in [0.25, 0.3) is 0 Å². The summed E-state index contributed by atoms with van der Waals surface area (Å²) in [6, 6.07) is 3.35. The molecule has 0 aromatic heterocycles. The van der Waals surface area contributed by atoms with E-state index in [0.717, 1.165) is 0 Å². The lowest BCUT2D eigenvalue weighted by atomic mass is 10.0. The molecule has 0 saturated heterocycles. The van der Waals surface area contributed by atoms with Crippen molar-refractivity contribution in [2.75, 3.05) is 6.61 Å². The Morgan fingerprint density at radius 2 is 1.85 bits per heavy atom. The molecule has 71 valence electrons. The van der Waals surface area contributed by atoms with Crippen LogP contribution in [0.5, 0.6) is 0 Å². The average molecular weight is 239 g/mol. The second-order valence-corrected chi connectivity index (χ2v) is 3.81. The number of aliphatic hydroxyl groups excluding tert-OH is 1. The minimum atomic E-state index is -0.276. The van der Waals surface area contributed by atoms with E-state index in [9.17, 15) is 0 Å². The predicted octanol–water partition coefficient (Wildman–Crippen LogP) is 3.56. The Kier molecular flexibility index (Phi) is 3.87. The summed E-state index contributed by atoms with van der Waals surface area (Å²) in [4.78, 5) is 0. The molecule has 1 atom stereocenters. The molecule has 0 aliphatic heterocycles. The molecular weight excluding hydrogens is 230 g/mol. The number of hydrogen-bond acceptors (Lipinski definition) is 1. The third-order valence-electron chi connectivity index (χ3n) is 1.73. The first-order chi connectivity index (χ1) is 6.07. The van der Waals surface area contributed by atoms with Crippen molar-refractivity contribution in [1.29, 1.82) is 0 Å². The molecule has 0 aliphatic carbocycles. The fourth-order valence-corrected chi connectivity index (χ4v) is 1.65. The van der Waals surface area contributed by atoms with E-state index in [0.29, 0.717) is 20.6 Å². The molecule has 1 rings (SSSR count). The van der Waals surface area contributed by atoms with Crippen molar-refractivity contribution in [3.05, 3.63) is 39.7 Å². The molecule has 1 aromatic rings. The van der Waals surface area contributed by atoms with Crippen molar-refractivity contribution < 1.29 is 5.11 Å². The normalized spacial score (nSPS) is 13.0. The molecule has 0 fully saturated rings. The molecule has 1 N–H and O–H groups in total. The molecule has 13 heavy (non-hydrogen) atoms. The van der Waals surface area contributed by atoms with E-state index in [2.05, 4.69) is 6.92 Å².